The van der Waals surface area contributed by atoms with Crippen molar-refractivity contribution in [2.45, 2.75) is 64.4 Å². The number of Topliss-reactive ketones (excluding diaryl/α,β-unsaturated/α-hetero) is 1. The van der Waals surface area contributed by atoms with E-state index in [1.165, 1.54) is 13.2 Å². The molecule has 1 aliphatic rings. The van der Waals surface area contributed by atoms with Crippen molar-refractivity contribution in [1.29, 1.82) is 0 Å². The summed E-state index contributed by atoms with van der Waals surface area (Å²) in [6.45, 7) is 1.83. The summed E-state index contributed by atoms with van der Waals surface area (Å²) in [5.74, 6) is 0.259. The number of phenolic OH excluding ortho intramolecular Hbond substituents is 1. The van der Waals surface area contributed by atoms with Crippen LogP contribution in [0.25, 0.3) is 0 Å². The second-order valence-corrected chi connectivity index (χ2v) is 6.39. The summed E-state index contributed by atoms with van der Waals surface area (Å²) in [7, 11) is 1.47. The largest absolute Gasteiger partial charge is 0.508 e. The number of carbonyl (C=O) groups is 2. The van der Waals surface area contributed by atoms with Gasteiger partial charge in [0, 0.05) is 18.9 Å². The average molecular weight is 334 g/mol. The molecule has 0 fully saturated rings. The Hall–Kier alpha value is -2.04. The van der Waals surface area contributed by atoms with Crippen molar-refractivity contribution in [3.05, 3.63) is 23.3 Å². The molecule has 1 heterocycles. The highest BCUT2D eigenvalue weighted by Crippen LogP contribution is 2.31. The number of aromatic hydroxyl groups is 1. The summed E-state index contributed by atoms with van der Waals surface area (Å²) in [5.41, 5.74) is 1.13. The van der Waals surface area contributed by atoms with Gasteiger partial charge in [-0.1, -0.05) is 6.42 Å². The Labute approximate surface area is 143 Å². The minimum atomic E-state index is -0.433. The van der Waals surface area contributed by atoms with E-state index in [0.717, 1.165) is 31.2 Å². The highest BCUT2D eigenvalue weighted by Gasteiger charge is 2.22. The van der Waals surface area contributed by atoms with Gasteiger partial charge in [-0.25, -0.2) is 4.79 Å². The molecule has 0 saturated heterocycles. The van der Waals surface area contributed by atoms with Crippen LogP contribution in [0.3, 0.4) is 0 Å². The van der Waals surface area contributed by atoms with E-state index in [4.69, 9.17) is 9.47 Å². The Morgan fingerprint density at radius 3 is 2.54 bits per heavy atom. The zero-order valence-corrected chi connectivity index (χ0v) is 14.5. The zero-order chi connectivity index (χ0) is 17.5. The van der Waals surface area contributed by atoms with Gasteiger partial charge in [-0.15, -0.1) is 0 Å². The molecule has 0 bridgehead atoms. The van der Waals surface area contributed by atoms with Crippen LogP contribution in [-0.2, 0) is 16.0 Å². The summed E-state index contributed by atoms with van der Waals surface area (Å²) in [4.78, 5) is 24.4. The fourth-order valence-electron chi connectivity index (χ4n) is 3.07. The highest BCUT2D eigenvalue weighted by atomic mass is 16.5. The lowest BCUT2D eigenvalue weighted by molar-refractivity contribution is -0.119. The maximum atomic E-state index is 12.6. The summed E-state index contributed by atoms with van der Waals surface area (Å²) in [6.07, 6.45) is 5.55. The first-order valence-electron chi connectivity index (χ1n) is 8.64. The Bertz CT molecular complexity index is 594. The van der Waals surface area contributed by atoms with Crippen LogP contribution in [0, 0.1) is 0 Å². The molecule has 0 radical (unpaired) electrons. The molecule has 0 unspecified atom stereocenters. The van der Waals surface area contributed by atoms with Crippen LogP contribution in [0.15, 0.2) is 12.1 Å². The minimum Gasteiger partial charge on any atom is -0.508 e. The van der Waals surface area contributed by atoms with Gasteiger partial charge in [-0.05, 0) is 50.7 Å². The molecule has 1 aromatic carbocycles. The van der Waals surface area contributed by atoms with Crippen molar-refractivity contribution >= 4 is 11.8 Å². The lowest BCUT2D eigenvalue weighted by atomic mass is 9.98. The summed E-state index contributed by atoms with van der Waals surface area (Å²) < 4.78 is 10.8. The summed E-state index contributed by atoms with van der Waals surface area (Å²) >= 11 is 0. The number of ketones is 1. The van der Waals surface area contributed by atoms with E-state index >= 15 is 0 Å². The number of fused-ring (bicyclic) bond motifs is 1. The first kappa shape index (κ1) is 18.3. The number of ether oxygens (including phenoxy) is 2. The van der Waals surface area contributed by atoms with Gasteiger partial charge in [0.1, 0.15) is 22.8 Å². The highest BCUT2D eigenvalue weighted by molar-refractivity contribution is 5.94. The van der Waals surface area contributed by atoms with Crippen molar-refractivity contribution in [2.75, 3.05) is 7.11 Å². The minimum absolute atomic E-state index is 0.0720. The van der Waals surface area contributed by atoms with Crippen LogP contribution in [0.5, 0.6) is 11.5 Å². The van der Waals surface area contributed by atoms with Gasteiger partial charge in [-0.3, -0.25) is 4.79 Å². The fraction of sp³-hybridized carbons (Fsp3) is 0.579. The molecule has 0 amide bonds. The Morgan fingerprint density at radius 2 is 1.79 bits per heavy atom. The van der Waals surface area contributed by atoms with Gasteiger partial charge in [0.2, 0.25) is 0 Å². The second-order valence-electron chi connectivity index (χ2n) is 6.39. The second kappa shape index (κ2) is 8.71. The number of cyclic esters (lactones) is 1. The number of methoxy groups -OCH3 is 1. The van der Waals surface area contributed by atoms with Gasteiger partial charge in [-0.2, -0.15) is 0 Å². The molecule has 132 valence electrons. The van der Waals surface area contributed by atoms with E-state index in [0.29, 0.717) is 37.0 Å². The number of rotatable bonds is 1. The van der Waals surface area contributed by atoms with Crippen LogP contribution >= 0.6 is 0 Å². The molecule has 1 N–H and O–H groups in total. The van der Waals surface area contributed by atoms with E-state index in [-0.39, 0.29) is 17.6 Å². The van der Waals surface area contributed by atoms with Crippen LogP contribution in [0.2, 0.25) is 0 Å². The van der Waals surface area contributed by atoms with Gasteiger partial charge >= 0.3 is 5.97 Å². The van der Waals surface area contributed by atoms with Gasteiger partial charge in [0.25, 0.3) is 0 Å². The Kier molecular flexibility index (Phi) is 6.64. The SMILES string of the molecule is COc1cc(O)cc2c1C(=O)O[C@@H](C)CCCC(=O)CCCCC2. The van der Waals surface area contributed by atoms with Crippen LogP contribution in [-0.4, -0.2) is 30.1 Å². The molecular formula is C19H26O5. The summed E-state index contributed by atoms with van der Waals surface area (Å²) in [6, 6.07) is 3.04. The van der Waals surface area contributed by atoms with Crippen LogP contribution < -0.4 is 4.74 Å². The zero-order valence-electron chi connectivity index (χ0n) is 14.5. The Morgan fingerprint density at radius 1 is 1.08 bits per heavy atom. The monoisotopic (exact) mass is 334 g/mol. The van der Waals surface area contributed by atoms with Crippen molar-refractivity contribution in [3.63, 3.8) is 0 Å². The van der Waals surface area contributed by atoms with Crippen molar-refractivity contribution in [2.24, 2.45) is 0 Å². The molecule has 24 heavy (non-hydrogen) atoms. The van der Waals surface area contributed by atoms with Crippen LogP contribution in [0.4, 0.5) is 0 Å². The summed E-state index contributed by atoms with van der Waals surface area (Å²) in [5, 5.41) is 9.87. The predicted molar refractivity (Wildman–Crippen MR) is 90.6 cm³/mol. The van der Waals surface area contributed by atoms with Crippen molar-refractivity contribution < 1.29 is 24.2 Å². The molecule has 0 spiro atoms. The molecule has 1 atom stereocenters. The standard InChI is InChI=1S/C19H26O5/c1-13-7-6-10-15(20)9-5-3-4-8-14-11-16(21)12-17(23-2)18(14)19(22)24-13/h11-13,21H,3-10H2,1-2H3/t13-/m0/s1. The Balaban J connectivity index is 2.28. The van der Waals surface area contributed by atoms with Crippen molar-refractivity contribution in [3.8, 4) is 11.5 Å². The predicted octanol–water partition coefficient (Wildman–Crippen LogP) is 3.80. The quantitative estimate of drug-likeness (QED) is 0.791. The van der Waals surface area contributed by atoms with E-state index in [9.17, 15) is 14.7 Å². The fourth-order valence-corrected chi connectivity index (χ4v) is 3.07. The van der Waals surface area contributed by atoms with Gasteiger partial charge in [0.05, 0.1) is 13.2 Å². The van der Waals surface area contributed by atoms with E-state index in [2.05, 4.69) is 0 Å². The normalized spacial score (nSPS) is 20.7. The number of benzene rings is 1. The lowest BCUT2D eigenvalue weighted by Crippen LogP contribution is -2.18. The number of esters is 1. The van der Waals surface area contributed by atoms with Gasteiger partial charge < -0.3 is 14.6 Å². The molecule has 0 saturated carbocycles. The third-order valence-corrected chi connectivity index (χ3v) is 4.37. The topological polar surface area (TPSA) is 72.8 Å². The molecule has 0 aliphatic carbocycles. The molecule has 1 aliphatic heterocycles. The van der Waals surface area contributed by atoms with Crippen LogP contribution in [0.1, 0.15) is 67.8 Å². The first-order chi connectivity index (χ1) is 11.5. The maximum Gasteiger partial charge on any atom is 0.342 e. The lowest BCUT2D eigenvalue weighted by Gasteiger charge is -2.18. The van der Waals surface area contributed by atoms with E-state index in [1.54, 1.807) is 6.07 Å². The number of phenols is 1. The first-order valence-corrected chi connectivity index (χ1v) is 8.64. The molecule has 1 aromatic rings. The van der Waals surface area contributed by atoms with E-state index in [1.807, 2.05) is 6.92 Å². The average Bonchev–Trinajstić information content (AvgIpc) is 2.52. The molecule has 5 heteroatoms. The van der Waals surface area contributed by atoms with E-state index < -0.39 is 5.97 Å². The third-order valence-electron chi connectivity index (χ3n) is 4.37. The smallest absolute Gasteiger partial charge is 0.342 e. The number of carbonyl (C=O) groups excluding carboxylic acids is 2. The third kappa shape index (κ3) is 4.98. The molecule has 2 rings (SSSR count). The molecule has 5 nitrogen and oxygen atoms in total. The van der Waals surface area contributed by atoms with Gasteiger partial charge in [0.15, 0.2) is 0 Å². The number of aryl methyl sites for hydroxylation is 1. The molecular weight excluding hydrogens is 308 g/mol. The number of hydrogen-bond donors (Lipinski definition) is 1. The molecule has 0 aromatic heterocycles. The van der Waals surface area contributed by atoms with Crippen molar-refractivity contribution in [1.82, 2.24) is 0 Å². The maximum absolute atomic E-state index is 12.6. The number of hydrogen-bond acceptors (Lipinski definition) is 5.